The van der Waals surface area contributed by atoms with Crippen molar-refractivity contribution < 1.29 is 4.74 Å². The van der Waals surface area contributed by atoms with E-state index in [0.29, 0.717) is 6.04 Å². The van der Waals surface area contributed by atoms with Crippen LogP contribution >= 0.6 is 11.3 Å². The van der Waals surface area contributed by atoms with Crippen LogP contribution in [0.5, 0.6) is 0 Å². The van der Waals surface area contributed by atoms with Crippen molar-refractivity contribution in [1.29, 1.82) is 0 Å². The lowest BCUT2D eigenvalue weighted by molar-refractivity contribution is 0.0837. The van der Waals surface area contributed by atoms with Gasteiger partial charge in [0.2, 0.25) is 0 Å². The number of nitrogens with one attached hydrogen (secondary N) is 1. The minimum Gasteiger partial charge on any atom is -0.380 e. The predicted octanol–water partition coefficient (Wildman–Crippen LogP) is 2.43. The van der Waals surface area contributed by atoms with E-state index >= 15 is 0 Å². The van der Waals surface area contributed by atoms with Crippen LogP contribution in [0.3, 0.4) is 0 Å². The Morgan fingerprint density at radius 1 is 1.62 bits per heavy atom. The average Bonchev–Trinajstić information content (AvgIpc) is 2.65. The van der Waals surface area contributed by atoms with Crippen molar-refractivity contribution in [3.63, 3.8) is 0 Å². The molecule has 74 valence electrons. The number of hydrogen-bond donors (Lipinski definition) is 1. The quantitative estimate of drug-likeness (QED) is 0.786. The highest BCUT2D eigenvalue weighted by molar-refractivity contribution is 7.07. The molecule has 1 heterocycles. The molecule has 0 saturated carbocycles. The van der Waals surface area contributed by atoms with Crippen LogP contribution in [0, 0.1) is 0 Å². The van der Waals surface area contributed by atoms with E-state index in [2.05, 4.69) is 36.0 Å². The van der Waals surface area contributed by atoms with Crippen LogP contribution in [0.1, 0.15) is 25.5 Å². The first kappa shape index (κ1) is 10.7. The van der Waals surface area contributed by atoms with Crippen molar-refractivity contribution in [3.05, 3.63) is 22.4 Å². The monoisotopic (exact) mass is 199 g/mol. The van der Waals surface area contributed by atoms with E-state index in [1.807, 2.05) is 0 Å². The lowest BCUT2D eigenvalue weighted by Gasteiger charge is -2.22. The topological polar surface area (TPSA) is 21.3 Å². The maximum atomic E-state index is 5.33. The standard InChI is InChI=1S/C10H17NOS/c1-4-11-10(8(2)12-3)9-5-6-13-7-9/h5-8,10-11H,4H2,1-3H3. The van der Waals surface area contributed by atoms with Gasteiger partial charge in [-0.15, -0.1) is 0 Å². The second kappa shape index (κ2) is 5.37. The third-order valence-corrected chi connectivity index (χ3v) is 2.87. The lowest BCUT2D eigenvalue weighted by Crippen LogP contribution is -2.30. The Balaban J connectivity index is 2.68. The van der Waals surface area contributed by atoms with Crippen LogP contribution in [-0.2, 0) is 4.74 Å². The molecule has 0 aromatic carbocycles. The fraction of sp³-hybridized carbons (Fsp3) is 0.600. The second-order valence-electron chi connectivity index (χ2n) is 3.03. The summed E-state index contributed by atoms with van der Waals surface area (Å²) in [6, 6.07) is 2.47. The van der Waals surface area contributed by atoms with Crippen LogP contribution in [0.15, 0.2) is 16.8 Å². The third kappa shape index (κ3) is 2.79. The summed E-state index contributed by atoms with van der Waals surface area (Å²) in [5.41, 5.74) is 1.32. The molecule has 0 aliphatic rings. The Morgan fingerprint density at radius 3 is 2.85 bits per heavy atom. The summed E-state index contributed by atoms with van der Waals surface area (Å²) in [6.07, 6.45) is 0.217. The molecule has 0 aliphatic heterocycles. The molecule has 0 radical (unpaired) electrons. The molecule has 3 heteroatoms. The van der Waals surface area contributed by atoms with Crippen molar-refractivity contribution in [2.24, 2.45) is 0 Å². The van der Waals surface area contributed by atoms with E-state index in [1.165, 1.54) is 5.56 Å². The Bertz CT molecular complexity index is 223. The first-order valence-corrected chi connectivity index (χ1v) is 5.52. The summed E-state index contributed by atoms with van der Waals surface area (Å²) >= 11 is 1.73. The molecule has 0 spiro atoms. The fourth-order valence-corrected chi connectivity index (χ4v) is 2.06. The van der Waals surface area contributed by atoms with Crippen molar-refractivity contribution >= 4 is 11.3 Å². The van der Waals surface area contributed by atoms with Gasteiger partial charge in [-0.2, -0.15) is 11.3 Å². The molecule has 0 amide bonds. The number of rotatable bonds is 5. The van der Waals surface area contributed by atoms with Gasteiger partial charge in [-0.1, -0.05) is 6.92 Å². The van der Waals surface area contributed by atoms with E-state index in [0.717, 1.165) is 6.54 Å². The van der Waals surface area contributed by atoms with Gasteiger partial charge in [0.1, 0.15) is 0 Å². The predicted molar refractivity (Wildman–Crippen MR) is 57.2 cm³/mol. The fourth-order valence-electron chi connectivity index (χ4n) is 1.36. The zero-order chi connectivity index (χ0) is 9.68. The van der Waals surface area contributed by atoms with Gasteiger partial charge in [0.25, 0.3) is 0 Å². The van der Waals surface area contributed by atoms with E-state index < -0.39 is 0 Å². The summed E-state index contributed by atoms with van der Waals surface area (Å²) in [5.74, 6) is 0. The molecule has 0 bridgehead atoms. The number of thiophene rings is 1. The highest BCUT2D eigenvalue weighted by Crippen LogP contribution is 2.20. The van der Waals surface area contributed by atoms with Gasteiger partial charge >= 0.3 is 0 Å². The smallest absolute Gasteiger partial charge is 0.0738 e. The molecule has 2 unspecified atom stereocenters. The van der Waals surface area contributed by atoms with Gasteiger partial charge in [0.15, 0.2) is 0 Å². The molecule has 0 aliphatic carbocycles. The van der Waals surface area contributed by atoms with Crippen molar-refractivity contribution in [1.82, 2.24) is 5.32 Å². The zero-order valence-corrected chi connectivity index (χ0v) is 9.23. The number of likely N-dealkylation sites (N-methyl/N-ethyl adjacent to an activating group) is 1. The molecule has 1 N–H and O–H groups in total. The van der Waals surface area contributed by atoms with Crippen LogP contribution in [-0.4, -0.2) is 19.8 Å². The summed E-state index contributed by atoms with van der Waals surface area (Å²) in [6.45, 7) is 5.17. The molecule has 1 rings (SSSR count). The summed E-state index contributed by atoms with van der Waals surface area (Å²) in [5, 5.41) is 7.69. The van der Waals surface area contributed by atoms with Gasteiger partial charge in [0, 0.05) is 7.11 Å². The van der Waals surface area contributed by atoms with E-state index in [-0.39, 0.29) is 6.10 Å². The molecule has 2 nitrogen and oxygen atoms in total. The molecule has 1 aromatic rings. The molecule has 1 aromatic heterocycles. The van der Waals surface area contributed by atoms with Crippen molar-refractivity contribution in [2.45, 2.75) is 26.0 Å². The molecule has 0 fully saturated rings. The highest BCUT2D eigenvalue weighted by Gasteiger charge is 2.17. The normalized spacial score (nSPS) is 15.6. The van der Waals surface area contributed by atoms with E-state index in [1.54, 1.807) is 18.4 Å². The molecule has 13 heavy (non-hydrogen) atoms. The third-order valence-electron chi connectivity index (χ3n) is 2.17. The maximum absolute atomic E-state index is 5.33. The molecule has 2 atom stereocenters. The van der Waals surface area contributed by atoms with Crippen LogP contribution in [0.4, 0.5) is 0 Å². The van der Waals surface area contributed by atoms with Crippen LogP contribution in [0.2, 0.25) is 0 Å². The van der Waals surface area contributed by atoms with Crippen molar-refractivity contribution in [3.8, 4) is 0 Å². The van der Waals surface area contributed by atoms with E-state index in [9.17, 15) is 0 Å². The average molecular weight is 199 g/mol. The Labute approximate surface area is 83.9 Å². The minimum atomic E-state index is 0.217. The first-order chi connectivity index (χ1) is 6.29. The van der Waals surface area contributed by atoms with E-state index in [4.69, 9.17) is 4.74 Å². The highest BCUT2D eigenvalue weighted by atomic mass is 32.1. The van der Waals surface area contributed by atoms with Crippen LogP contribution in [0.25, 0.3) is 0 Å². The first-order valence-electron chi connectivity index (χ1n) is 4.57. The SMILES string of the molecule is CCNC(c1ccsc1)C(C)OC. The maximum Gasteiger partial charge on any atom is 0.0738 e. The Morgan fingerprint density at radius 2 is 2.38 bits per heavy atom. The summed E-state index contributed by atoms with van der Waals surface area (Å²) in [4.78, 5) is 0. The molecular weight excluding hydrogens is 182 g/mol. The molecular formula is C10H17NOS. The Kier molecular flexibility index (Phi) is 4.42. The number of hydrogen-bond acceptors (Lipinski definition) is 3. The minimum absolute atomic E-state index is 0.217. The summed E-state index contributed by atoms with van der Waals surface area (Å²) in [7, 11) is 1.75. The number of ether oxygens (including phenoxy) is 1. The zero-order valence-electron chi connectivity index (χ0n) is 8.41. The van der Waals surface area contributed by atoms with Gasteiger partial charge in [-0.3, -0.25) is 0 Å². The van der Waals surface area contributed by atoms with Gasteiger partial charge < -0.3 is 10.1 Å². The van der Waals surface area contributed by atoms with Gasteiger partial charge in [-0.25, -0.2) is 0 Å². The Hall–Kier alpha value is -0.380. The van der Waals surface area contributed by atoms with Gasteiger partial charge in [-0.05, 0) is 35.9 Å². The number of methoxy groups -OCH3 is 1. The lowest BCUT2D eigenvalue weighted by atomic mass is 10.1. The second-order valence-corrected chi connectivity index (χ2v) is 3.81. The largest absolute Gasteiger partial charge is 0.380 e. The van der Waals surface area contributed by atoms with Crippen molar-refractivity contribution in [2.75, 3.05) is 13.7 Å². The molecule has 0 saturated heterocycles. The van der Waals surface area contributed by atoms with Crippen LogP contribution < -0.4 is 5.32 Å². The summed E-state index contributed by atoms with van der Waals surface area (Å²) < 4.78 is 5.33. The van der Waals surface area contributed by atoms with Gasteiger partial charge in [0.05, 0.1) is 12.1 Å².